The van der Waals surface area contributed by atoms with Crippen molar-refractivity contribution >= 4 is 33.2 Å². The number of benzene rings is 2. The molecule has 0 unspecified atom stereocenters. The van der Waals surface area contributed by atoms with Crippen LogP contribution >= 0.6 is 27.5 Å². The van der Waals surface area contributed by atoms with Gasteiger partial charge in [-0.05, 0) is 58.2 Å². The summed E-state index contributed by atoms with van der Waals surface area (Å²) in [4.78, 5) is 0. The maximum Gasteiger partial charge on any atom is 0.137 e. The summed E-state index contributed by atoms with van der Waals surface area (Å²) in [5, 5.41) is 3.99. The van der Waals surface area contributed by atoms with Crippen molar-refractivity contribution in [3.8, 4) is 0 Å². The van der Waals surface area contributed by atoms with Gasteiger partial charge in [0.15, 0.2) is 0 Å². The van der Waals surface area contributed by atoms with Gasteiger partial charge in [-0.15, -0.1) is 0 Å². The number of aryl methyl sites for hydroxylation is 1. The molecule has 0 heterocycles. The van der Waals surface area contributed by atoms with E-state index in [1.54, 1.807) is 12.1 Å². The first-order valence-electron chi connectivity index (χ1n) is 5.50. The Kier molecular flexibility index (Phi) is 4.25. The minimum Gasteiger partial charge on any atom is -0.381 e. The molecule has 0 aromatic heterocycles. The van der Waals surface area contributed by atoms with Gasteiger partial charge in [0.2, 0.25) is 0 Å². The molecule has 0 saturated carbocycles. The quantitative estimate of drug-likeness (QED) is 0.820. The topological polar surface area (TPSA) is 12.0 Å². The van der Waals surface area contributed by atoms with Crippen LogP contribution in [0.5, 0.6) is 0 Å². The fourth-order valence-corrected chi connectivity index (χ4v) is 2.23. The van der Waals surface area contributed by atoms with Crippen molar-refractivity contribution < 1.29 is 4.39 Å². The summed E-state index contributed by atoms with van der Waals surface area (Å²) in [6.45, 7) is 2.64. The molecule has 18 heavy (non-hydrogen) atoms. The van der Waals surface area contributed by atoms with E-state index in [1.807, 2.05) is 25.1 Å². The molecule has 1 N–H and O–H groups in total. The van der Waals surface area contributed by atoms with Crippen LogP contribution in [0.1, 0.15) is 11.1 Å². The van der Waals surface area contributed by atoms with Gasteiger partial charge in [-0.2, -0.15) is 0 Å². The summed E-state index contributed by atoms with van der Waals surface area (Å²) >= 11 is 9.12. The summed E-state index contributed by atoms with van der Waals surface area (Å²) in [5.41, 5.74) is 3.12. The molecule has 0 aliphatic rings. The molecule has 0 spiro atoms. The molecule has 0 fully saturated rings. The predicted molar refractivity (Wildman–Crippen MR) is 77.6 cm³/mol. The Hall–Kier alpha value is -1.06. The van der Waals surface area contributed by atoms with E-state index >= 15 is 0 Å². The third-order valence-electron chi connectivity index (χ3n) is 2.67. The Morgan fingerprint density at radius 3 is 2.72 bits per heavy atom. The highest BCUT2D eigenvalue weighted by atomic mass is 79.9. The van der Waals surface area contributed by atoms with E-state index < -0.39 is 0 Å². The van der Waals surface area contributed by atoms with Crippen molar-refractivity contribution in [1.82, 2.24) is 0 Å². The smallest absolute Gasteiger partial charge is 0.137 e. The maximum atomic E-state index is 13.1. The van der Waals surface area contributed by atoms with Crippen LogP contribution in [-0.2, 0) is 6.54 Å². The van der Waals surface area contributed by atoms with E-state index in [-0.39, 0.29) is 5.82 Å². The molecule has 0 aliphatic heterocycles. The zero-order valence-electron chi connectivity index (χ0n) is 9.81. The van der Waals surface area contributed by atoms with Gasteiger partial charge in [0.25, 0.3) is 0 Å². The van der Waals surface area contributed by atoms with Gasteiger partial charge >= 0.3 is 0 Å². The van der Waals surface area contributed by atoms with E-state index in [9.17, 15) is 4.39 Å². The summed E-state index contributed by atoms with van der Waals surface area (Å²) in [6.07, 6.45) is 0. The Balaban J connectivity index is 2.11. The molecule has 0 amide bonds. The van der Waals surface area contributed by atoms with E-state index in [0.29, 0.717) is 16.0 Å². The second-order valence-electron chi connectivity index (χ2n) is 4.06. The van der Waals surface area contributed by atoms with Gasteiger partial charge in [0, 0.05) is 17.3 Å². The molecule has 94 valence electrons. The van der Waals surface area contributed by atoms with Gasteiger partial charge < -0.3 is 5.32 Å². The Labute approximate surface area is 119 Å². The van der Waals surface area contributed by atoms with Crippen molar-refractivity contribution in [2.45, 2.75) is 13.5 Å². The number of nitrogens with one attached hydrogen (secondary N) is 1. The largest absolute Gasteiger partial charge is 0.381 e. The maximum absolute atomic E-state index is 13.1. The molecule has 0 aliphatic carbocycles. The van der Waals surface area contributed by atoms with Crippen LogP contribution in [0.15, 0.2) is 40.9 Å². The predicted octanol–water partition coefficient (Wildman–Crippen LogP) is 5.16. The van der Waals surface area contributed by atoms with Gasteiger partial charge in [-0.3, -0.25) is 0 Å². The number of halogens is 3. The molecule has 2 rings (SSSR count). The van der Waals surface area contributed by atoms with Crippen LogP contribution in [0, 0.1) is 12.7 Å². The van der Waals surface area contributed by atoms with Gasteiger partial charge in [-0.25, -0.2) is 4.39 Å². The molecule has 0 atom stereocenters. The molecule has 1 nitrogen and oxygen atoms in total. The molecule has 4 heteroatoms. The summed E-state index contributed by atoms with van der Waals surface area (Å²) in [5.74, 6) is -0.252. The number of hydrogen-bond acceptors (Lipinski definition) is 1. The average molecular weight is 329 g/mol. The van der Waals surface area contributed by atoms with Gasteiger partial charge in [-0.1, -0.05) is 23.7 Å². The third kappa shape index (κ3) is 3.24. The zero-order valence-corrected chi connectivity index (χ0v) is 12.1. The van der Waals surface area contributed by atoms with Crippen LogP contribution in [0.3, 0.4) is 0 Å². The minimum atomic E-state index is -0.252. The van der Waals surface area contributed by atoms with Crippen LogP contribution in [0.4, 0.5) is 10.1 Å². The highest BCUT2D eigenvalue weighted by Crippen LogP contribution is 2.22. The Bertz CT molecular complexity index is 572. The van der Waals surface area contributed by atoms with Crippen molar-refractivity contribution in [2.24, 2.45) is 0 Å². The Morgan fingerprint density at radius 2 is 2.00 bits per heavy atom. The first-order chi connectivity index (χ1) is 8.56. The van der Waals surface area contributed by atoms with Crippen molar-refractivity contribution in [2.75, 3.05) is 5.32 Å². The minimum absolute atomic E-state index is 0.252. The standard InChI is InChI=1S/C14H12BrClFN/c1-9-2-4-11(16)7-14(9)18-8-10-3-5-13(17)12(15)6-10/h2-7,18H,8H2,1H3. The normalized spacial score (nSPS) is 10.4. The van der Waals surface area contributed by atoms with Crippen LogP contribution in [-0.4, -0.2) is 0 Å². The van der Waals surface area contributed by atoms with Crippen molar-refractivity contribution in [3.63, 3.8) is 0 Å². The van der Waals surface area contributed by atoms with Crippen molar-refractivity contribution in [3.05, 3.63) is 62.8 Å². The number of anilines is 1. The second kappa shape index (κ2) is 5.72. The van der Waals surface area contributed by atoms with Crippen LogP contribution in [0.2, 0.25) is 5.02 Å². The lowest BCUT2D eigenvalue weighted by atomic mass is 10.2. The van der Waals surface area contributed by atoms with Crippen LogP contribution in [0.25, 0.3) is 0 Å². The molecular formula is C14H12BrClFN. The van der Waals surface area contributed by atoms with E-state index in [2.05, 4.69) is 21.2 Å². The molecule has 2 aromatic carbocycles. The highest BCUT2D eigenvalue weighted by molar-refractivity contribution is 9.10. The first-order valence-corrected chi connectivity index (χ1v) is 6.67. The fourth-order valence-electron chi connectivity index (χ4n) is 1.63. The second-order valence-corrected chi connectivity index (χ2v) is 5.35. The summed E-state index contributed by atoms with van der Waals surface area (Å²) in [7, 11) is 0. The Morgan fingerprint density at radius 1 is 1.22 bits per heavy atom. The average Bonchev–Trinajstić information content (AvgIpc) is 2.34. The first kappa shape index (κ1) is 13.4. The van der Waals surface area contributed by atoms with E-state index in [0.717, 1.165) is 16.8 Å². The van der Waals surface area contributed by atoms with Gasteiger partial charge in [0.1, 0.15) is 5.82 Å². The van der Waals surface area contributed by atoms with Crippen molar-refractivity contribution in [1.29, 1.82) is 0 Å². The lowest BCUT2D eigenvalue weighted by molar-refractivity contribution is 0.620. The highest BCUT2D eigenvalue weighted by Gasteiger charge is 2.02. The molecule has 2 aromatic rings. The molecule has 0 radical (unpaired) electrons. The summed E-state index contributed by atoms with van der Waals surface area (Å²) < 4.78 is 13.6. The van der Waals surface area contributed by atoms with Gasteiger partial charge in [0.05, 0.1) is 4.47 Å². The third-order valence-corrected chi connectivity index (χ3v) is 3.51. The van der Waals surface area contributed by atoms with E-state index in [4.69, 9.17) is 11.6 Å². The molecule has 0 bridgehead atoms. The lowest BCUT2D eigenvalue weighted by Crippen LogP contribution is -2.01. The molecule has 0 saturated heterocycles. The number of rotatable bonds is 3. The summed E-state index contributed by atoms with van der Waals surface area (Å²) in [6, 6.07) is 10.7. The monoisotopic (exact) mass is 327 g/mol. The van der Waals surface area contributed by atoms with Crippen LogP contribution < -0.4 is 5.32 Å². The fraction of sp³-hybridized carbons (Fsp3) is 0.143. The van der Waals surface area contributed by atoms with E-state index in [1.165, 1.54) is 6.07 Å². The number of hydrogen-bond donors (Lipinski definition) is 1. The molecular weight excluding hydrogens is 317 g/mol. The zero-order chi connectivity index (χ0) is 13.1. The lowest BCUT2D eigenvalue weighted by Gasteiger charge is -2.10. The SMILES string of the molecule is Cc1ccc(Cl)cc1NCc1ccc(F)c(Br)c1.